The van der Waals surface area contributed by atoms with Crippen molar-refractivity contribution in [2.45, 2.75) is 32.5 Å². The molecule has 0 aliphatic carbocycles. The number of rotatable bonds is 5. The van der Waals surface area contributed by atoms with Crippen molar-refractivity contribution >= 4 is 11.7 Å². The van der Waals surface area contributed by atoms with Crippen LogP contribution in [0.2, 0.25) is 0 Å². The van der Waals surface area contributed by atoms with Crippen molar-refractivity contribution in [2.75, 3.05) is 18.0 Å². The van der Waals surface area contributed by atoms with Crippen molar-refractivity contribution in [3.8, 4) is 0 Å². The van der Waals surface area contributed by atoms with Gasteiger partial charge in [0.05, 0.1) is 18.0 Å². The largest absolute Gasteiger partial charge is 0.417 e. The molecule has 3 heterocycles. The number of alkyl halides is 3. The second-order valence-electron chi connectivity index (χ2n) is 6.01. The number of hydrogen-bond acceptors (Lipinski definition) is 6. The maximum absolute atomic E-state index is 12.6. The molecule has 26 heavy (non-hydrogen) atoms. The van der Waals surface area contributed by atoms with Gasteiger partial charge in [-0.3, -0.25) is 4.79 Å². The SMILES string of the molecule is CCc1nc(CNC(=O)[C@@H]2CCN(c3ccc(C(F)(F)F)cn3)C2)no1. The molecule has 1 aliphatic rings. The van der Waals surface area contributed by atoms with Crippen LogP contribution >= 0.6 is 0 Å². The Kier molecular flexibility index (Phi) is 5.10. The number of hydrogen-bond donors (Lipinski definition) is 1. The monoisotopic (exact) mass is 369 g/mol. The molecule has 10 heteroatoms. The van der Waals surface area contributed by atoms with Gasteiger partial charge in [-0.1, -0.05) is 12.1 Å². The van der Waals surface area contributed by atoms with Crippen molar-refractivity contribution in [2.24, 2.45) is 5.92 Å². The van der Waals surface area contributed by atoms with E-state index in [0.29, 0.717) is 43.5 Å². The summed E-state index contributed by atoms with van der Waals surface area (Å²) in [5, 5.41) is 6.52. The fourth-order valence-electron chi connectivity index (χ4n) is 2.74. The fourth-order valence-corrected chi connectivity index (χ4v) is 2.74. The molecule has 0 spiro atoms. The second kappa shape index (κ2) is 7.30. The number of carbonyl (C=O) groups excluding carboxylic acids is 1. The Balaban J connectivity index is 1.53. The number of pyridine rings is 1. The third-order valence-corrected chi connectivity index (χ3v) is 4.19. The zero-order valence-electron chi connectivity index (χ0n) is 14.1. The van der Waals surface area contributed by atoms with Crippen LogP contribution in [0.1, 0.15) is 30.6 Å². The molecule has 0 radical (unpaired) electrons. The van der Waals surface area contributed by atoms with Crippen LogP contribution in [-0.2, 0) is 23.9 Å². The Bertz CT molecular complexity index is 760. The van der Waals surface area contributed by atoms with Gasteiger partial charge >= 0.3 is 6.18 Å². The molecule has 3 rings (SSSR count). The summed E-state index contributed by atoms with van der Waals surface area (Å²) < 4.78 is 42.7. The lowest BCUT2D eigenvalue weighted by atomic mass is 10.1. The summed E-state index contributed by atoms with van der Waals surface area (Å²) in [6.45, 7) is 3.02. The third-order valence-electron chi connectivity index (χ3n) is 4.19. The normalized spacial score (nSPS) is 17.5. The standard InChI is InChI=1S/C16H18F3N5O2/c1-2-14-22-12(23-26-14)8-21-15(25)10-5-6-24(9-10)13-4-3-11(7-20-13)16(17,18)19/h3-4,7,10H,2,5-6,8-9H2,1H3,(H,21,25)/t10-/m1/s1. The summed E-state index contributed by atoms with van der Waals surface area (Å²) >= 11 is 0. The van der Waals surface area contributed by atoms with Crippen molar-refractivity contribution < 1.29 is 22.5 Å². The van der Waals surface area contributed by atoms with Crippen LogP contribution in [0.5, 0.6) is 0 Å². The van der Waals surface area contributed by atoms with Crippen molar-refractivity contribution in [3.05, 3.63) is 35.6 Å². The predicted molar refractivity (Wildman–Crippen MR) is 85.1 cm³/mol. The van der Waals surface area contributed by atoms with E-state index >= 15 is 0 Å². The Morgan fingerprint density at radius 2 is 2.23 bits per heavy atom. The first-order chi connectivity index (χ1) is 12.4. The molecule has 1 aliphatic heterocycles. The molecule has 140 valence electrons. The van der Waals surface area contributed by atoms with Gasteiger partial charge in [0.1, 0.15) is 5.82 Å². The molecule has 0 unspecified atom stereocenters. The van der Waals surface area contributed by atoms with Gasteiger partial charge in [-0.25, -0.2) is 4.98 Å². The number of aromatic nitrogens is 3. The van der Waals surface area contributed by atoms with Gasteiger partial charge in [-0.15, -0.1) is 0 Å². The molecule has 0 bridgehead atoms. The highest BCUT2D eigenvalue weighted by Crippen LogP contribution is 2.30. The van der Waals surface area contributed by atoms with Gasteiger partial charge in [-0.05, 0) is 18.6 Å². The summed E-state index contributed by atoms with van der Waals surface area (Å²) in [5.74, 6) is 0.932. The minimum Gasteiger partial charge on any atom is -0.356 e. The molecule has 1 saturated heterocycles. The van der Waals surface area contributed by atoms with Crippen LogP contribution in [0.25, 0.3) is 0 Å². The third kappa shape index (κ3) is 4.12. The van der Waals surface area contributed by atoms with E-state index in [4.69, 9.17) is 4.52 Å². The quantitative estimate of drug-likeness (QED) is 0.870. The van der Waals surface area contributed by atoms with E-state index in [1.54, 1.807) is 4.90 Å². The van der Waals surface area contributed by atoms with Gasteiger partial charge in [0, 0.05) is 25.7 Å². The van der Waals surface area contributed by atoms with Crippen LogP contribution in [0.15, 0.2) is 22.9 Å². The van der Waals surface area contributed by atoms with E-state index in [2.05, 4.69) is 20.4 Å². The highest BCUT2D eigenvalue weighted by Gasteiger charge is 2.32. The lowest BCUT2D eigenvalue weighted by molar-refractivity contribution is -0.137. The Morgan fingerprint density at radius 1 is 1.42 bits per heavy atom. The van der Waals surface area contributed by atoms with E-state index in [0.717, 1.165) is 12.3 Å². The molecule has 1 atom stereocenters. The Labute approximate surface area is 147 Å². The van der Waals surface area contributed by atoms with Gasteiger partial charge < -0.3 is 14.7 Å². The minimum absolute atomic E-state index is 0.151. The lowest BCUT2D eigenvalue weighted by Gasteiger charge is -2.18. The Hall–Kier alpha value is -2.65. The highest BCUT2D eigenvalue weighted by molar-refractivity contribution is 5.79. The van der Waals surface area contributed by atoms with Gasteiger partial charge in [0.25, 0.3) is 0 Å². The molecule has 1 amide bonds. The molecular formula is C16H18F3N5O2. The summed E-state index contributed by atoms with van der Waals surface area (Å²) in [5.41, 5.74) is -0.790. The average Bonchev–Trinajstić information content (AvgIpc) is 3.28. The number of aryl methyl sites for hydroxylation is 1. The van der Waals surface area contributed by atoms with Crippen molar-refractivity contribution in [1.82, 2.24) is 20.4 Å². The first-order valence-electron chi connectivity index (χ1n) is 8.24. The molecule has 2 aromatic rings. The number of anilines is 1. The summed E-state index contributed by atoms with van der Waals surface area (Å²) in [6, 6.07) is 2.33. The van der Waals surface area contributed by atoms with Crippen molar-refractivity contribution in [1.29, 1.82) is 0 Å². The zero-order chi connectivity index (χ0) is 18.7. The van der Waals surface area contributed by atoms with E-state index in [9.17, 15) is 18.0 Å². The molecule has 7 nitrogen and oxygen atoms in total. The Morgan fingerprint density at radius 3 is 2.85 bits per heavy atom. The topological polar surface area (TPSA) is 84.2 Å². The molecule has 1 fully saturated rings. The second-order valence-corrected chi connectivity index (χ2v) is 6.01. The maximum atomic E-state index is 12.6. The lowest BCUT2D eigenvalue weighted by Crippen LogP contribution is -2.32. The summed E-state index contributed by atoms with van der Waals surface area (Å²) in [7, 11) is 0. The first kappa shape index (κ1) is 18.2. The van der Waals surface area contributed by atoms with Crippen LogP contribution in [0, 0.1) is 5.92 Å². The first-order valence-corrected chi connectivity index (χ1v) is 8.24. The van der Waals surface area contributed by atoms with E-state index in [1.807, 2.05) is 6.92 Å². The predicted octanol–water partition coefficient (Wildman–Crippen LogP) is 2.19. The fraction of sp³-hybridized carbons (Fsp3) is 0.500. The number of halogens is 3. The molecule has 2 aromatic heterocycles. The summed E-state index contributed by atoms with van der Waals surface area (Å²) in [6.07, 6.45) is -2.38. The van der Waals surface area contributed by atoms with Crippen molar-refractivity contribution in [3.63, 3.8) is 0 Å². The van der Waals surface area contributed by atoms with E-state index < -0.39 is 11.7 Å². The molecule has 1 N–H and O–H groups in total. The van der Waals surface area contributed by atoms with Gasteiger partial charge in [-0.2, -0.15) is 18.2 Å². The highest BCUT2D eigenvalue weighted by atomic mass is 19.4. The van der Waals surface area contributed by atoms with Crippen LogP contribution < -0.4 is 10.2 Å². The molecular weight excluding hydrogens is 351 g/mol. The molecule has 0 saturated carbocycles. The van der Waals surface area contributed by atoms with Crippen LogP contribution in [0.3, 0.4) is 0 Å². The number of nitrogens with zero attached hydrogens (tertiary/aromatic N) is 4. The van der Waals surface area contributed by atoms with Gasteiger partial charge in [0.15, 0.2) is 5.82 Å². The minimum atomic E-state index is -4.41. The zero-order valence-corrected chi connectivity index (χ0v) is 14.1. The maximum Gasteiger partial charge on any atom is 0.417 e. The number of carbonyl (C=O) groups is 1. The number of nitrogens with one attached hydrogen (secondary N) is 1. The van der Waals surface area contributed by atoms with E-state index in [-0.39, 0.29) is 18.4 Å². The van der Waals surface area contributed by atoms with E-state index in [1.165, 1.54) is 6.07 Å². The van der Waals surface area contributed by atoms with Crippen LogP contribution in [-0.4, -0.2) is 34.1 Å². The van der Waals surface area contributed by atoms with Gasteiger partial charge in [0.2, 0.25) is 11.8 Å². The molecule has 0 aromatic carbocycles. The van der Waals surface area contributed by atoms with Crippen LogP contribution in [0.4, 0.5) is 19.0 Å². The number of amides is 1. The smallest absolute Gasteiger partial charge is 0.356 e. The summed E-state index contributed by atoms with van der Waals surface area (Å²) in [4.78, 5) is 22.0. The average molecular weight is 369 g/mol.